The number of halogens is 3. The number of esters is 1. The molecule has 2 aromatic rings. The van der Waals surface area contributed by atoms with E-state index in [9.17, 15) is 18.4 Å². The molecule has 0 saturated heterocycles. The zero-order valence-electron chi connectivity index (χ0n) is 14.0. The van der Waals surface area contributed by atoms with Gasteiger partial charge < -0.3 is 14.2 Å². The summed E-state index contributed by atoms with van der Waals surface area (Å²) < 4.78 is 39.1. The molecule has 0 N–H and O–H groups in total. The molecule has 1 aliphatic heterocycles. The number of benzene rings is 2. The molecule has 0 amide bonds. The molecule has 3 rings (SSSR count). The molecule has 0 unspecified atom stereocenters. The summed E-state index contributed by atoms with van der Waals surface area (Å²) in [5.74, 6) is -0.926. The predicted octanol–water partition coefficient (Wildman–Crippen LogP) is 3.92. The molecule has 5 nitrogen and oxygen atoms in total. The van der Waals surface area contributed by atoms with Crippen LogP contribution in [0.5, 0.6) is 11.5 Å². The fourth-order valence-corrected chi connectivity index (χ4v) is 2.87. The van der Waals surface area contributed by atoms with E-state index in [1.807, 2.05) is 0 Å². The monoisotopic (exact) mass is 396 g/mol. The first kappa shape index (κ1) is 19.1. The van der Waals surface area contributed by atoms with Crippen molar-refractivity contribution in [3.05, 3.63) is 58.6 Å². The highest BCUT2D eigenvalue weighted by molar-refractivity contribution is 6.30. The molecule has 27 heavy (non-hydrogen) atoms. The Hall–Kier alpha value is -2.67. The van der Waals surface area contributed by atoms with E-state index >= 15 is 0 Å². The molecule has 1 aliphatic rings. The van der Waals surface area contributed by atoms with Crippen LogP contribution in [0.25, 0.3) is 0 Å². The molecule has 8 heteroatoms. The average Bonchev–Trinajstić information content (AvgIpc) is 2.65. The molecule has 2 aromatic carbocycles. The topological polar surface area (TPSA) is 61.8 Å². The third-order valence-electron chi connectivity index (χ3n) is 4.01. The lowest BCUT2D eigenvalue weighted by molar-refractivity contribution is -0.148. The summed E-state index contributed by atoms with van der Waals surface area (Å²) in [6, 6.07) is 10.3. The Kier molecular flexibility index (Phi) is 5.91. The van der Waals surface area contributed by atoms with Gasteiger partial charge in [0.15, 0.2) is 12.4 Å². The summed E-state index contributed by atoms with van der Waals surface area (Å²) in [6.07, 6.45) is 0.405. The third kappa shape index (κ3) is 4.95. The largest absolute Gasteiger partial charge is 0.492 e. The first-order valence-electron chi connectivity index (χ1n) is 8.08. The first-order valence-corrected chi connectivity index (χ1v) is 8.46. The molecular formula is C19H15ClF2O5. The van der Waals surface area contributed by atoms with Gasteiger partial charge in [0.2, 0.25) is 0 Å². The van der Waals surface area contributed by atoms with Crippen molar-refractivity contribution in [2.24, 2.45) is 5.92 Å². The van der Waals surface area contributed by atoms with Gasteiger partial charge in [0.25, 0.3) is 0 Å². The Balaban J connectivity index is 1.54. The van der Waals surface area contributed by atoms with E-state index in [2.05, 4.69) is 4.74 Å². The Morgan fingerprint density at radius 3 is 2.63 bits per heavy atom. The Morgan fingerprint density at radius 2 is 1.93 bits per heavy atom. The van der Waals surface area contributed by atoms with Gasteiger partial charge in [-0.2, -0.15) is 8.78 Å². The van der Waals surface area contributed by atoms with Crippen LogP contribution in [0.4, 0.5) is 8.78 Å². The molecule has 1 atom stereocenters. The quantitative estimate of drug-likeness (QED) is 0.547. The average molecular weight is 397 g/mol. The van der Waals surface area contributed by atoms with E-state index < -0.39 is 30.9 Å². The maximum atomic E-state index is 12.2. The number of Topliss-reactive ketones (excluding diaryl/α,β-unsaturated/α-hetero) is 1. The van der Waals surface area contributed by atoms with Crippen LogP contribution in [0, 0.1) is 5.92 Å². The molecule has 142 valence electrons. The minimum Gasteiger partial charge on any atom is -0.492 e. The van der Waals surface area contributed by atoms with Gasteiger partial charge in [-0.3, -0.25) is 9.59 Å². The van der Waals surface area contributed by atoms with E-state index in [1.165, 1.54) is 24.3 Å². The molecule has 0 aliphatic carbocycles. The lowest BCUT2D eigenvalue weighted by atomic mass is 9.97. The van der Waals surface area contributed by atoms with Crippen molar-refractivity contribution < 1.29 is 32.6 Å². The molecule has 0 aromatic heterocycles. The minimum atomic E-state index is -2.94. The number of ether oxygens (including phenoxy) is 3. The lowest BCUT2D eigenvalue weighted by Crippen LogP contribution is -2.31. The fourth-order valence-electron chi connectivity index (χ4n) is 2.67. The van der Waals surface area contributed by atoms with Crippen LogP contribution in [0.3, 0.4) is 0 Å². The van der Waals surface area contributed by atoms with Crippen LogP contribution in [0.15, 0.2) is 42.5 Å². The van der Waals surface area contributed by atoms with Gasteiger partial charge in [0, 0.05) is 10.6 Å². The summed E-state index contributed by atoms with van der Waals surface area (Å²) in [4.78, 5) is 24.3. The molecule has 1 heterocycles. The summed E-state index contributed by atoms with van der Waals surface area (Å²) in [5.41, 5.74) is 1.03. The fraction of sp³-hybridized carbons (Fsp3) is 0.263. The second-order valence-corrected chi connectivity index (χ2v) is 6.33. The molecule has 0 spiro atoms. The van der Waals surface area contributed by atoms with Crippen molar-refractivity contribution in [3.63, 3.8) is 0 Å². The zero-order valence-corrected chi connectivity index (χ0v) is 14.7. The standard InChI is InChI=1S/C19H15ClF2O5/c20-14-3-6-17-12(8-14)7-13(9-25-17)18(24)26-10-16(23)11-1-4-15(5-2-11)27-19(21)22/h1-6,8,13,19H,7,9-10H2/t13-/m1/s1. The summed E-state index contributed by atoms with van der Waals surface area (Å²) >= 11 is 5.95. The number of hydrogen-bond donors (Lipinski definition) is 0. The number of carbonyl (C=O) groups excluding carboxylic acids is 2. The highest BCUT2D eigenvalue weighted by atomic mass is 35.5. The molecule has 0 saturated carbocycles. The van der Waals surface area contributed by atoms with Gasteiger partial charge in [-0.25, -0.2) is 0 Å². The molecule has 0 bridgehead atoms. The number of carbonyl (C=O) groups is 2. The SMILES string of the molecule is O=C(COC(=O)[C@H]1COc2ccc(Cl)cc2C1)c1ccc(OC(F)F)cc1. The maximum absolute atomic E-state index is 12.2. The number of ketones is 1. The summed E-state index contributed by atoms with van der Waals surface area (Å²) in [7, 11) is 0. The van der Waals surface area contributed by atoms with Crippen molar-refractivity contribution in [1.29, 1.82) is 0 Å². The van der Waals surface area contributed by atoms with Crippen molar-refractivity contribution in [3.8, 4) is 11.5 Å². The van der Waals surface area contributed by atoms with Crippen molar-refractivity contribution in [2.75, 3.05) is 13.2 Å². The van der Waals surface area contributed by atoms with Gasteiger partial charge in [-0.1, -0.05) is 11.6 Å². The molecular weight excluding hydrogens is 382 g/mol. The Labute approximate surface area is 158 Å². The van der Waals surface area contributed by atoms with Gasteiger partial charge >= 0.3 is 12.6 Å². The van der Waals surface area contributed by atoms with Crippen LogP contribution >= 0.6 is 11.6 Å². The van der Waals surface area contributed by atoms with E-state index in [1.54, 1.807) is 18.2 Å². The second-order valence-electron chi connectivity index (χ2n) is 5.90. The van der Waals surface area contributed by atoms with Gasteiger partial charge in [0.1, 0.15) is 18.1 Å². The van der Waals surface area contributed by atoms with E-state index in [0.29, 0.717) is 17.2 Å². The molecule has 0 fully saturated rings. The van der Waals surface area contributed by atoms with Crippen LogP contribution in [0.2, 0.25) is 5.02 Å². The predicted molar refractivity (Wildman–Crippen MR) is 92.5 cm³/mol. The van der Waals surface area contributed by atoms with Crippen molar-refractivity contribution >= 4 is 23.4 Å². The van der Waals surface area contributed by atoms with E-state index in [-0.39, 0.29) is 17.9 Å². The first-order chi connectivity index (χ1) is 12.9. The van der Waals surface area contributed by atoms with Gasteiger partial charge in [-0.05, 0) is 54.4 Å². The third-order valence-corrected chi connectivity index (χ3v) is 4.24. The number of rotatable bonds is 6. The van der Waals surface area contributed by atoms with Gasteiger partial charge in [0.05, 0.1) is 5.92 Å². The van der Waals surface area contributed by atoms with Crippen LogP contribution in [0.1, 0.15) is 15.9 Å². The smallest absolute Gasteiger partial charge is 0.387 e. The minimum absolute atomic E-state index is 0.0600. The second kappa shape index (κ2) is 8.35. The van der Waals surface area contributed by atoms with Crippen LogP contribution in [-0.4, -0.2) is 31.6 Å². The Bertz CT molecular complexity index is 838. The number of hydrogen-bond acceptors (Lipinski definition) is 5. The van der Waals surface area contributed by atoms with Crippen molar-refractivity contribution in [1.82, 2.24) is 0 Å². The summed E-state index contributed by atoms with van der Waals surface area (Å²) in [5, 5.41) is 0.542. The molecule has 0 radical (unpaired) electrons. The number of fused-ring (bicyclic) bond motifs is 1. The van der Waals surface area contributed by atoms with Gasteiger partial charge in [-0.15, -0.1) is 0 Å². The normalized spacial score (nSPS) is 15.6. The maximum Gasteiger partial charge on any atom is 0.387 e. The summed E-state index contributed by atoms with van der Waals surface area (Å²) in [6.45, 7) is -3.24. The Morgan fingerprint density at radius 1 is 1.19 bits per heavy atom. The van der Waals surface area contributed by atoms with E-state index in [0.717, 1.165) is 5.56 Å². The van der Waals surface area contributed by atoms with Crippen molar-refractivity contribution in [2.45, 2.75) is 13.0 Å². The highest BCUT2D eigenvalue weighted by Crippen LogP contribution is 2.30. The van der Waals surface area contributed by atoms with Crippen LogP contribution < -0.4 is 9.47 Å². The lowest BCUT2D eigenvalue weighted by Gasteiger charge is -2.24. The number of alkyl halides is 2. The van der Waals surface area contributed by atoms with E-state index in [4.69, 9.17) is 21.1 Å². The van der Waals surface area contributed by atoms with Crippen LogP contribution in [-0.2, 0) is 16.0 Å². The highest BCUT2D eigenvalue weighted by Gasteiger charge is 2.28. The zero-order chi connectivity index (χ0) is 19.4.